The summed E-state index contributed by atoms with van der Waals surface area (Å²) in [4.78, 5) is 35.3. The summed E-state index contributed by atoms with van der Waals surface area (Å²) in [5.74, 6) is -1.22. The summed E-state index contributed by atoms with van der Waals surface area (Å²) in [5.41, 5.74) is 0.901. The molecule has 1 aromatic carbocycles. The first-order valence-electron chi connectivity index (χ1n) is 9.62. The molecule has 0 fully saturated rings. The highest BCUT2D eigenvalue weighted by Gasteiger charge is 2.23. The van der Waals surface area contributed by atoms with Gasteiger partial charge in [-0.15, -0.1) is 0 Å². The average Bonchev–Trinajstić information content (AvgIpc) is 2.65. The fourth-order valence-electron chi connectivity index (χ4n) is 2.95. The summed E-state index contributed by atoms with van der Waals surface area (Å²) in [6.07, 6.45) is 2.85. The van der Waals surface area contributed by atoms with Gasteiger partial charge in [-0.1, -0.05) is 26.7 Å². The van der Waals surface area contributed by atoms with Crippen LogP contribution in [-0.4, -0.2) is 29.1 Å². The van der Waals surface area contributed by atoms with Crippen molar-refractivity contribution in [2.24, 2.45) is 0 Å². The number of ether oxygens (including phenoxy) is 1. The van der Waals surface area contributed by atoms with Gasteiger partial charge in [0.2, 0.25) is 0 Å². The van der Waals surface area contributed by atoms with Crippen LogP contribution in [0, 0.1) is 0 Å². The molecule has 1 aromatic heterocycles. The number of carbonyl (C=O) groups is 2. The van der Waals surface area contributed by atoms with Crippen molar-refractivity contribution in [3.05, 3.63) is 40.2 Å². The highest BCUT2D eigenvalue weighted by Crippen LogP contribution is 2.24. The van der Waals surface area contributed by atoms with Gasteiger partial charge in [0.15, 0.2) is 6.10 Å². The van der Waals surface area contributed by atoms with Crippen LogP contribution < -0.4 is 15.7 Å². The number of benzene rings is 1. The number of amides is 1. The molecule has 1 heterocycles. The van der Waals surface area contributed by atoms with Crippen molar-refractivity contribution in [1.82, 2.24) is 5.32 Å². The molecule has 0 aliphatic heterocycles. The Balaban J connectivity index is 2.16. The van der Waals surface area contributed by atoms with Crippen LogP contribution in [0.25, 0.3) is 11.0 Å². The number of hydrogen-bond acceptors (Lipinski definition) is 5. The summed E-state index contributed by atoms with van der Waals surface area (Å²) >= 11 is 0. The van der Waals surface area contributed by atoms with E-state index in [1.807, 2.05) is 6.92 Å². The highest BCUT2D eigenvalue weighted by molar-refractivity contribution is 5.86. The average molecular weight is 389 g/mol. The molecule has 7 nitrogen and oxygen atoms in total. The first-order chi connectivity index (χ1) is 13.3. The van der Waals surface area contributed by atoms with Gasteiger partial charge < -0.3 is 19.6 Å². The molecule has 2 N–H and O–H groups in total. The quantitative estimate of drug-likeness (QED) is 0.604. The lowest BCUT2D eigenvalue weighted by atomic mass is 10.0. The van der Waals surface area contributed by atoms with Crippen LogP contribution in [0.4, 0.5) is 0 Å². The van der Waals surface area contributed by atoms with Crippen molar-refractivity contribution < 1.29 is 23.8 Å². The van der Waals surface area contributed by atoms with E-state index in [0.29, 0.717) is 24.2 Å². The maximum Gasteiger partial charge on any atom is 0.336 e. The second-order valence-corrected chi connectivity index (χ2v) is 6.80. The summed E-state index contributed by atoms with van der Waals surface area (Å²) in [5, 5.41) is 12.5. The van der Waals surface area contributed by atoms with Crippen LogP contribution in [-0.2, 0) is 16.0 Å². The van der Waals surface area contributed by atoms with Crippen molar-refractivity contribution in [3.63, 3.8) is 0 Å². The number of unbranched alkanes of at least 4 members (excludes halogenated alkanes) is 1. The number of carboxylic acid groups (broad SMARTS) is 1. The van der Waals surface area contributed by atoms with Gasteiger partial charge in [0.25, 0.3) is 5.91 Å². The fourth-order valence-corrected chi connectivity index (χ4v) is 2.95. The van der Waals surface area contributed by atoms with Crippen LogP contribution in [0.1, 0.15) is 52.0 Å². The lowest BCUT2D eigenvalue weighted by Crippen LogP contribution is -2.46. The van der Waals surface area contributed by atoms with E-state index in [-0.39, 0.29) is 0 Å². The van der Waals surface area contributed by atoms with E-state index in [1.54, 1.807) is 18.2 Å². The molecule has 2 rings (SSSR count). The SMILES string of the molecule is CCCCc1cc(=O)oc2cc(O[C@@H](C)C(=O)N[C@@H](CCC)C(=O)O)ccc12. The number of aliphatic carboxylic acids is 1. The van der Waals surface area contributed by atoms with Crippen LogP contribution in [0.15, 0.2) is 33.5 Å². The molecule has 0 aliphatic rings. The molecule has 2 aromatic rings. The molecular formula is C21H27NO6. The molecule has 0 aliphatic carbocycles. The molecule has 7 heteroatoms. The van der Waals surface area contributed by atoms with E-state index in [1.165, 1.54) is 13.0 Å². The number of aryl methyl sites for hydroxylation is 1. The zero-order chi connectivity index (χ0) is 20.7. The molecule has 0 bridgehead atoms. The molecule has 28 heavy (non-hydrogen) atoms. The van der Waals surface area contributed by atoms with E-state index in [4.69, 9.17) is 14.3 Å². The van der Waals surface area contributed by atoms with E-state index in [2.05, 4.69) is 12.2 Å². The van der Waals surface area contributed by atoms with Crippen molar-refractivity contribution in [2.75, 3.05) is 0 Å². The first kappa shape index (κ1) is 21.5. The molecule has 152 valence electrons. The Hall–Kier alpha value is -2.83. The molecule has 0 spiro atoms. The standard InChI is InChI=1S/C21H27NO6/c1-4-6-8-14-11-19(23)28-18-12-15(9-10-16(14)18)27-13(3)20(24)22-17(7-5-2)21(25)26/h9-13,17H,4-8H2,1-3H3,(H,22,24)(H,25,26)/t13-,17-/m0/s1. The summed E-state index contributed by atoms with van der Waals surface area (Å²) < 4.78 is 10.9. The minimum atomic E-state index is -1.07. The number of carboxylic acids is 1. The number of fused-ring (bicyclic) bond motifs is 1. The smallest absolute Gasteiger partial charge is 0.336 e. The first-order valence-corrected chi connectivity index (χ1v) is 9.62. The Morgan fingerprint density at radius 3 is 2.61 bits per heavy atom. The second kappa shape index (κ2) is 9.92. The Labute approximate surface area is 163 Å². The maximum atomic E-state index is 12.3. The Morgan fingerprint density at radius 1 is 1.21 bits per heavy atom. The van der Waals surface area contributed by atoms with Crippen molar-refractivity contribution in [3.8, 4) is 5.75 Å². The van der Waals surface area contributed by atoms with E-state index < -0.39 is 29.6 Å². The molecule has 0 saturated carbocycles. The van der Waals surface area contributed by atoms with Gasteiger partial charge in [-0.25, -0.2) is 9.59 Å². The third-order valence-corrected chi connectivity index (χ3v) is 4.48. The van der Waals surface area contributed by atoms with E-state index in [0.717, 1.165) is 30.2 Å². The second-order valence-electron chi connectivity index (χ2n) is 6.80. The van der Waals surface area contributed by atoms with Crippen LogP contribution in [0.2, 0.25) is 0 Å². The predicted octanol–water partition coefficient (Wildman–Crippen LogP) is 3.27. The minimum Gasteiger partial charge on any atom is -0.481 e. The van der Waals surface area contributed by atoms with Crippen LogP contribution in [0.5, 0.6) is 5.75 Å². The van der Waals surface area contributed by atoms with Gasteiger partial charge in [-0.2, -0.15) is 0 Å². The van der Waals surface area contributed by atoms with Crippen LogP contribution >= 0.6 is 0 Å². The normalized spacial score (nSPS) is 13.1. The molecule has 0 saturated heterocycles. The fraction of sp³-hybridized carbons (Fsp3) is 0.476. The summed E-state index contributed by atoms with van der Waals surface area (Å²) in [7, 11) is 0. The molecular weight excluding hydrogens is 362 g/mol. The molecule has 2 atom stereocenters. The van der Waals surface area contributed by atoms with Gasteiger partial charge >= 0.3 is 11.6 Å². The molecule has 0 radical (unpaired) electrons. The third kappa shape index (κ3) is 5.58. The van der Waals surface area contributed by atoms with Gasteiger partial charge in [0, 0.05) is 17.5 Å². The monoisotopic (exact) mass is 389 g/mol. The number of rotatable bonds is 10. The van der Waals surface area contributed by atoms with E-state index >= 15 is 0 Å². The number of nitrogens with one attached hydrogen (secondary N) is 1. The minimum absolute atomic E-state index is 0.343. The Bertz CT molecular complexity index is 888. The maximum absolute atomic E-state index is 12.3. The largest absolute Gasteiger partial charge is 0.481 e. The van der Waals surface area contributed by atoms with Gasteiger partial charge in [0.05, 0.1) is 0 Å². The van der Waals surface area contributed by atoms with Gasteiger partial charge in [0.1, 0.15) is 17.4 Å². The summed E-state index contributed by atoms with van der Waals surface area (Å²) in [6, 6.07) is 5.66. The van der Waals surface area contributed by atoms with Crippen molar-refractivity contribution in [1.29, 1.82) is 0 Å². The lowest BCUT2D eigenvalue weighted by Gasteiger charge is -2.18. The molecule has 0 unspecified atom stereocenters. The van der Waals surface area contributed by atoms with Crippen LogP contribution in [0.3, 0.4) is 0 Å². The summed E-state index contributed by atoms with van der Waals surface area (Å²) in [6.45, 7) is 5.47. The van der Waals surface area contributed by atoms with Crippen molar-refractivity contribution in [2.45, 2.75) is 65.0 Å². The topological polar surface area (TPSA) is 106 Å². The number of carbonyl (C=O) groups excluding carboxylic acids is 1. The Kier molecular flexibility index (Phi) is 7.61. The van der Waals surface area contributed by atoms with Gasteiger partial charge in [-0.05, 0) is 43.9 Å². The van der Waals surface area contributed by atoms with Crippen molar-refractivity contribution >= 4 is 22.8 Å². The molecule has 1 amide bonds. The van der Waals surface area contributed by atoms with E-state index in [9.17, 15) is 14.4 Å². The predicted molar refractivity (Wildman–Crippen MR) is 106 cm³/mol. The zero-order valence-corrected chi connectivity index (χ0v) is 16.5. The Morgan fingerprint density at radius 2 is 1.96 bits per heavy atom. The highest BCUT2D eigenvalue weighted by atomic mass is 16.5. The van der Waals surface area contributed by atoms with Gasteiger partial charge in [-0.3, -0.25) is 4.79 Å². The number of hydrogen-bond donors (Lipinski definition) is 2. The lowest BCUT2D eigenvalue weighted by molar-refractivity contribution is -0.143. The third-order valence-electron chi connectivity index (χ3n) is 4.48. The zero-order valence-electron chi connectivity index (χ0n) is 16.5.